The highest BCUT2D eigenvalue weighted by Crippen LogP contribution is 1.94. The Kier molecular flexibility index (Phi) is 5.94. The smallest absolute Gasteiger partial charge is 0.304 e. The first-order valence-corrected chi connectivity index (χ1v) is 4.12. The topological polar surface area (TPSA) is 60.8 Å². The van der Waals surface area contributed by atoms with Crippen LogP contribution < -0.4 is 0 Å². The van der Waals surface area contributed by atoms with E-state index in [9.17, 15) is 4.79 Å². The summed E-state index contributed by atoms with van der Waals surface area (Å²) in [6.45, 7) is 2.81. The third-order valence-electron chi connectivity index (χ3n) is 1.48. The van der Waals surface area contributed by atoms with Gasteiger partial charge in [-0.25, -0.2) is 0 Å². The standard InChI is InChI=1S/C9H15NO3/c1-3-5-10(7-8(2)11)6-4-9(12)13/h1,8,11H,4-7H2,2H3,(H,12,13). The normalized spacial score (nSPS) is 12.5. The van der Waals surface area contributed by atoms with Crippen molar-refractivity contribution in [3.63, 3.8) is 0 Å². The number of aliphatic carboxylic acids is 1. The minimum atomic E-state index is -0.854. The van der Waals surface area contributed by atoms with Crippen LogP contribution in [0, 0.1) is 12.3 Å². The van der Waals surface area contributed by atoms with E-state index in [0.717, 1.165) is 0 Å². The van der Waals surface area contributed by atoms with Crippen LogP contribution in [0.5, 0.6) is 0 Å². The molecule has 0 aromatic heterocycles. The molecule has 0 aliphatic carbocycles. The number of rotatable bonds is 6. The van der Waals surface area contributed by atoms with Crippen LogP contribution in [0.3, 0.4) is 0 Å². The summed E-state index contributed by atoms with van der Waals surface area (Å²) in [7, 11) is 0. The predicted molar refractivity (Wildman–Crippen MR) is 49.2 cm³/mol. The molecule has 0 bridgehead atoms. The number of aliphatic hydroxyl groups excluding tert-OH is 1. The number of carboxylic acid groups (broad SMARTS) is 1. The summed E-state index contributed by atoms with van der Waals surface area (Å²) in [6.07, 6.45) is 4.66. The van der Waals surface area contributed by atoms with E-state index in [1.54, 1.807) is 11.8 Å². The molecule has 0 amide bonds. The lowest BCUT2D eigenvalue weighted by molar-refractivity contribution is -0.137. The van der Waals surface area contributed by atoms with Gasteiger partial charge in [0.15, 0.2) is 0 Å². The van der Waals surface area contributed by atoms with Gasteiger partial charge in [0.1, 0.15) is 0 Å². The lowest BCUT2D eigenvalue weighted by Gasteiger charge is -2.19. The maximum atomic E-state index is 10.3. The molecule has 4 heteroatoms. The average molecular weight is 185 g/mol. The molecule has 0 spiro atoms. The van der Waals surface area contributed by atoms with Gasteiger partial charge in [-0.05, 0) is 6.92 Å². The Balaban J connectivity index is 3.81. The first-order valence-electron chi connectivity index (χ1n) is 4.12. The summed E-state index contributed by atoms with van der Waals surface area (Å²) in [6, 6.07) is 0. The number of hydrogen-bond donors (Lipinski definition) is 2. The Morgan fingerprint density at radius 2 is 2.31 bits per heavy atom. The Hall–Kier alpha value is -1.05. The molecule has 13 heavy (non-hydrogen) atoms. The van der Waals surface area contributed by atoms with Crippen molar-refractivity contribution in [1.82, 2.24) is 4.90 Å². The van der Waals surface area contributed by atoms with Gasteiger partial charge in [0, 0.05) is 13.1 Å². The molecule has 0 aromatic carbocycles. The molecule has 0 heterocycles. The zero-order valence-electron chi connectivity index (χ0n) is 7.73. The van der Waals surface area contributed by atoms with Gasteiger partial charge in [-0.2, -0.15) is 0 Å². The number of aliphatic hydroxyl groups is 1. The number of hydrogen-bond acceptors (Lipinski definition) is 3. The lowest BCUT2D eigenvalue weighted by Crippen LogP contribution is -2.33. The van der Waals surface area contributed by atoms with Crippen molar-refractivity contribution < 1.29 is 15.0 Å². The molecule has 0 aliphatic heterocycles. The van der Waals surface area contributed by atoms with E-state index in [4.69, 9.17) is 16.6 Å². The fourth-order valence-corrected chi connectivity index (χ4v) is 0.991. The van der Waals surface area contributed by atoms with E-state index in [1.165, 1.54) is 0 Å². The van der Waals surface area contributed by atoms with Crippen molar-refractivity contribution in [2.75, 3.05) is 19.6 Å². The van der Waals surface area contributed by atoms with E-state index in [2.05, 4.69) is 5.92 Å². The van der Waals surface area contributed by atoms with Gasteiger partial charge in [0.05, 0.1) is 19.1 Å². The summed E-state index contributed by atoms with van der Waals surface area (Å²) in [5, 5.41) is 17.5. The van der Waals surface area contributed by atoms with Crippen LogP contribution in [-0.2, 0) is 4.79 Å². The summed E-state index contributed by atoms with van der Waals surface area (Å²) in [5.74, 6) is 1.56. The fraction of sp³-hybridized carbons (Fsp3) is 0.667. The van der Waals surface area contributed by atoms with Crippen molar-refractivity contribution in [3.8, 4) is 12.3 Å². The molecule has 1 unspecified atom stereocenters. The Labute approximate surface area is 78.2 Å². The maximum absolute atomic E-state index is 10.3. The molecular weight excluding hydrogens is 170 g/mol. The minimum absolute atomic E-state index is 0.0500. The van der Waals surface area contributed by atoms with Gasteiger partial charge in [-0.3, -0.25) is 9.69 Å². The SMILES string of the molecule is C#CCN(CCC(=O)O)CC(C)O. The first-order chi connectivity index (χ1) is 6.06. The maximum Gasteiger partial charge on any atom is 0.304 e. The van der Waals surface area contributed by atoms with Crippen LogP contribution in [0.25, 0.3) is 0 Å². The molecule has 0 rings (SSSR count). The van der Waals surface area contributed by atoms with Crippen molar-refractivity contribution in [2.24, 2.45) is 0 Å². The Morgan fingerprint density at radius 1 is 1.69 bits per heavy atom. The van der Waals surface area contributed by atoms with Gasteiger partial charge in [0.25, 0.3) is 0 Å². The number of carbonyl (C=O) groups is 1. The summed E-state index contributed by atoms with van der Waals surface area (Å²) in [4.78, 5) is 12.0. The van der Waals surface area contributed by atoms with Crippen LogP contribution in [0.15, 0.2) is 0 Å². The molecule has 74 valence electrons. The van der Waals surface area contributed by atoms with Gasteiger partial charge in [-0.15, -0.1) is 6.42 Å². The van der Waals surface area contributed by atoms with E-state index >= 15 is 0 Å². The zero-order valence-corrected chi connectivity index (χ0v) is 7.73. The van der Waals surface area contributed by atoms with Gasteiger partial charge in [0.2, 0.25) is 0 Å². The highest BCUT2D eigenvalue weighted by Gasteiger charge is 2.08. The predicted octanol–water partition coefficient (Wildman–Crippen LogP) is -0.223. The number of nitrogens with zero attached hydrogens (tertiary/aromatic N) is 1. The van der Waals surface area contributed by atoms with Crippen LogP contribution in [0.1, 0.15) is 13.3 Å². The van der Waals surface area contributed by atoms with E-state index in [1.807, 2.05) is 0 Å². The molecule has 0 fully saturated rings. The van der Waals surface area contributed by atoms with Crippen molar-refractivity contribution in [2.45, 2.75) is 19.4 Å². The second-order valence-corrected chi connectivity index (χ2v) is 2.93. The quantitative estimate of drug-likeness (QED) is 0.561. The number of carboxylic acids is 1. The highest BCUT2D eigenvalue weighted by atomic mass is 16.4. The molecule has 0 saturated heterocycles. The van der Waals surface area contributed by atoms with E-state index < -0.39 is 12.1 Å². The summed E-state index contributed by atoms with van der Waals surface area (Å²) in [5.41, 5.74) is 0. The summed E-state index contributed by atoms with van der Waals surface area (Å²) < 4.78 is 0. The summed E-state index contributed by atoms with van der Waals surface area (Å²) >= 11 is 0. The van der Waals surface area contributed by atoms with Crippen LogP contribution in [0.4, 0.5) is 0 Å². The fourth-order valence-electron chi connectivity index (χ4n) is 0.991. The molecule has 0 aliphatic rings. The second kappa shape index (κ2) is 6.46. The molecular formula is C9H15NO3. The van der Waals surface area contributed by atoms with Crippen molar-refractivity contribution in [1.29, 1.82) is 0 Å². The lowest BCUT2D eigenvalue weighted by atomic mass is 10.3. The molecule has 2 N–H and O–H groups in total. The highest BCUT2D eigenvalue weighted by molar-refractivity contribution is 5.66. The van der Waals surface area contributed by atoms with Gasteiger partial charge in [-0.1, -0.05) is 5.92 Å². The van der Waals surface area contributed by atoms with Crippen molar-refractivity contribution >= 4 is 5.97 Å². The van der Waals surface area contributed by atoms with Crippen LogP contribution in [0.2, 0.25) is 0 Å². The zero-order chi connectivity index (χ0) is 10.3. The third kappa shape index (κ3) is 7.32. The minimum Gasteiger partial charge on any atom is -0.481 e. The monoisotopic (exact) mass is 185 g/mol. The average Bonchev–Trinajstić information content (AvgIpc) is 1.99. The second-order valence-electron chi connectivity index (χ2n) is 2.93. The largest absolute Gasteiger partial charge is 0.481 e. The Morgan fingerprint density at radius 3 is 2.69 bits per heavy atom. The molecule has 0 aromatic rings. The van der Waals surface area contributed by atoms with Crippen molar-refractivity contribution in [3.05, 3.63) is 0 Å². The van der Waals surface area contributed by atoms with E-state index in [-0.39, 0.29) is 6.42 Å². The first kappa shape index (κ1) is 11.9. The number of terminal acetylenes is 1. The molecule has 4 nitrogen and oxygen atoms in total. The third-order valence-corrected chi connectivity index (χ3v) is 1.48. The molecule has 1 atom stereocenters. The van der Waals surface area contributed by atoms with Gasteiger partial charge < -0.3 is 10.2 Å². The Bertz CT molecular complexity index is 196. The van der Waals surface area contributed by atoms with E-state index in [0.29, 0.717) is 19.6 Å². The molecule has 0 radical (unpaired) electrons. The molecule has 0 saturated carbocycles. The van der Waals surface area contributed by atoms with Gasteiger partial charge >= 0.3 is 5.97 Å². The van der Waals surface area contributed by atoms with Crippen LogP contribution >= 0.6 is 0 Å². The van der Waals surface area contributed by atoms with Crippen LogP contribution in [-0.4, -0.2) is 46.8 Å².